The van der Waals surface area contributed by atoms with Gasteiger partial charge in [0.15, 0.2) is 7.28 Å². The molecule has 0 saturated carbocycles. The molecule has 5 aromatic carbocycles. The van der Waals surface area contributed by atoms with Crippen LogP contribution in [-0.2, 0) is 0 Å². The van der Waals surface area contributed by atoms with Crippen LogP contribution in [0.25, 0.3) is 74.0 Å². The van der Waals surface area contributed by atoms with Crippen LogP contribution < -0.4 is 10.9 Å². The topological polar surface area (TPSA) is 15.8 Å². The smallest absolute Gasteiger partial charge is 0.193 e. The van der Waals surface area contributed by atoms with E-state index in [4.69, 9.17) is 0 Å². The van der Waals surface area contributed by atoms with Crippen molar-refractivity contribution in [2.75, 3.05) is 0 Å². The van der Waals surface area contributed by atoms with Crippen LogP contribution in [0.4, 0.5) is 0 Å². The minimum Gasteiger partial charge on any atom is -0.346 e. The van der Waals surface area contributed by atoms with Crippen molar-refractivity contribution in [3.63, 3.8) is 0 Å². The van der Waals surface area contributed by atoms with Crippen LogP contribution in [0.2, 0.25) is 0 Å². The SMILES string of the molecule is Cc1cc2c(c(-c3cccc4c3[nH]c3sc5ccccc5c34)c1)[B]c1cccc(c1C)-c1sc3ccccc3c1-2. The number of thiophene rings is 2. The summed E-state index contributed by atoms with van der Waals surface area (Å²) in [5.74, 6) is 0. The second kappa shape index (κ2) is 8.20. The van der Waals surface area contributed by atoms with Gasteiger partial charge in [-0.3, -0.25) is 0 Å². The highest BCUT2D eigenvalue weighted by Crippen LogP contribution is 2.47. The number of para-hydroxylation sites is 1. The summed E-state index contributed by atoms with van der Waals surface area (Å²) in [6.07, 6.45) is 0. The van der Waals surface area contributed by atoms with Crippen LogP contribution in [-0.4, -0.2) is 12.3 Å². The van der Waals surface area contributed by atoms with Gasteiger partial charge in [0.1, 0.15) is 4.83 Å². The first-order valence-electron chi connectivity index (χ1n) is 13.7. The number of benzene rings is 5. The third-order valence-corrected chi connectivity index (χ3v) is 10.9. The normalized spacial score (nSPS) is 12.4. The van der Waals surface area contributed by atoms with Crippen LogP contribution in [0.5, 0.6) is 0 Å². The zero-order valence-corrected chi connectivity index (χ0v) is 23.8. The zero-order valence-electron chi connectivity index (χ0n) is 22.1. The van der Waals surface area contributed by atoms with Gasteiger partial charge in [-0.1, -0.05) is 95.9 Å². The summed E-state index contributed by atoms with van der Waals surface area (Å²) >= 11 is 3.77. The molecule has 0 aliphatic carbocycles. The van der Waals surface area contributed by atoms with Crippen molar-refractivity contribution in [3.8, 4) is 32.7 Å². The highest BCUT2D eigenvalue weighted by Gasteiger charge is 2.26. The average Bonchev–Trinajstić information content (AvgIpc) is 3.64. The summed E-state index contributed by atoms with van der Waals surface area (Å²) in [4.78, 5) is 6.48. The molecule has 1 radical (unpaired) electrons. The Hall–Kier alpha value is -4.12. The van der Waals surface area contributed by atoms with E-state index in [0.717, 1.165) is 0 Å². The van der Waals surface area contributed by atoms with Crippen LogP contribution in [0, 0.1) is 13.8 Å². The molecule has 1 N–H and O–H groups in total. The molecule has 0 amide bonds. The van der Waals surface area contributed by atoms with Crippen molar-refractivity contribution >= 4 is 82.2 Å². The Kier molecular flexibility index (Phi) is 4.65. The molecule has 1 aliphatic rings. The van der Waals surface area contributed by atoms with Crippen LogP contribution in [0.1, 0.15) is 11.1 Å². The second-order valence-electron chi connectivity index (χ2n) is 10.9. The first-order chi connectivity index (χ1) is 19.7. The van der Waals surface area contributed by atoms with Crippen molar-refractivity contribution in [1.29, 1.82) is 0 Å². The molecule has 40 heavy (non-hydrogen) atoms. The fourth-order valence-corrected chi connectivity index (χ4v) is 9.15. The van der Waals surface area contributed by atoms with Crippen LogP contribution in [0.15, 0.2) is 97.1 Å². The first kappa shape index (κ1) is 22.7. The van der Waals surface area contributed by atoms with E-state index in [9.17, 15) is 0 Å². The molecule has 1 aliphatic heterocycles. The maximum absolute atomic E-state index is 3.86. The van der Waals surface area contributed by atoms with Crippen molar-refractivity contribution in [2.45, 2.75) is 13.8 Å². The fourth-order valence-electron chi connectivity index (χ4n) is 6.73. The van der Waals surface area contributed by atoms with Crippen molar-refractivity contribution in [2.24, 2.45) is 0 Å². The van der Waals surface area contributed by atoms with E-state index in [1.165, 1.54) is 96.0 Å². The van der Waals surface area contributed by atoms with Gasteiger partial charge in [-0.2, -0.15) is 0 Å². The van der Waals surface area contributed by atoms with Crippen molar-refractivity contribution < 1.29 is 0 Å². The Balaban J connectivity index is 1.41. The van der Waals surface area contributed by atoms with Gasteiger partial charge in [0, 0.05) is 46.9 Å². The number of aromatic nitrogens is 1. The van der Waals surface area contributed by atoms with E-state index in [-0.39, 0.29) is 0 Å². The summed E-state index contributed by atoms with van der Waals surface area (Å²) in [5, 5.41) is 5.31. The van der Waals surface area contributed by atoms with Gasteiger partial charge >= 0.3 is 0 Å². The molecule has 4 heteroatoms. The third-order valence-electron chi connectivity index (χ3n) is 8.57. The Morgan fingerprint density at radius 1 is 0.625 bits per heavy atom. The molecule has 0 unspecified atom stereocenters. The van der Waals surface area contributed by atoms with Gasteiger partial charge in [0.2, 0.25) is 0 Å². The number of aryl methyl sites for hydroxylation is 1. The second-order valence-corrected chi connectivity index (χ2v) is 13.0. The quantitative estimate of drug-likeness (QED) is 0.198. The standard InChI is InChI=1S/C36H23BNS2/c1-19-17-26(22-12-7-13-25-32-24-10-4-6-16-30(24)40-36(32)38-34(22)25)33-27(18-19)31-23-9-3-5-15-29(23)39-35(31)21-11-8-14-28(37-33)20(21)2/h3-18,38H,1-2H3. The number of hydrogen-bond donors (Lipinski definition) is 1. The number of hydrogen-bond acceptors (Lipinski definition) is 2. The average molecular weight is 545 g/mol. The highest BCUT2D eigenvalue weighted by atomic mass is 32.1. The molecule has 4 heterocycles. The van der Waals surface area contributed by atoms with E-state index in [1.54, 1.807) is 0 Å². The summed E-state index contributed by atoms with van der Waals surface area (Å²) in [6.45, 7) is 4.52. The lowest BCUT2D eigenvalue weighted by Crippen LogP contribution is -2.33. The molecule has 0 spiro atoms. The zero-order chi connectivity index (χ0) is 26.5. The molecule has 0 fully saturated rings. The van der Waals surface area contributed by atoms with Crippen LogP contribution in [0.3, 0.4) is 0 Å². The monoisotopic (exact) mass is 544 g/mol. The molecule has 0 atom stereocenters. The van der Waals surface area contributed by atoms with Gasteiger partial charge in [-0.25, -0.2) is 0 Å². The Labute approximate surface area is 241 Å². The van der Waals surface area contributed by atoms with Gasteiger partial charge in [0.05, 0.1) is 5.52 Å². The highest BCUT2D eigenvalue weighted by molar-refractivity contribution is 7.25. The first-order valence-corrected chi connectivity index (χ1v) is 15.3. The van der Waals surface area contributed by atoms with Crippen molar-refractivity contribution in [1.82, 2.24) is 4.98 Å². The molecule has 2 bridgehead atoms. The minimum atomic E-state index is 1.22. The predicted molar refractivity (Wildman–Crippen MR) is 177 cm³/mol. The van der Waals surface area contributed by atoms with E-state index in [0.29, 0.717) is 0 Å². The molecule has 8 aromatic rings. The predicted octanol–water partition coefficient (Wildman–Crippen LogP) is 9.34. The Morgan fingerprint density at radius 2 is 1.32 bits per heavy atom. The molecule has 0 saturated heterocycles. The lowest BCUT2D eigenvalue weighted by molar-refractivity contribution is 1.47. The molecule has 3 aromatic heterocycles. The van der Waals surface area contributed by atoms with E-state index >= 15 is 0 Å². The summed E-state index contributed by atoms with van der Waals surface area (Å²) < 4.78 is 2.67. The maximum atomic E-state index is 3.86. The molecular formula is C36H23BNS2. The lowest BCUT2D eigenvalue weighted by atomic mass is 9.57. The summed E-state index contributed by atoms with van der Waals surface area (Å²) in [5.41, 5.74) is 13.0. The summed E-state index contributed by atoms with van der Waals surface area (Å²) in [6, 6.07) is 36.0. The Bertz CT molecular complexity index is 2330. The maximum Gasteiger partial charge on any atom is 0.193 e. The minimum absolute atomic E-state index is 1.22. The van der Waals surface area contributed by atoms with Gasteiger partial charge in [0.25, 0.3) is 0 Å². The molecule has 187 valence electrons. The molecule has 1 nitrogen and oxygen atoms in total. The van der Waals surface area contributed by atoms with E-state index in [1.807, 2.05) is 22.7 Å². The number of fused-ring (bicyclic) bond motifs is 13. The number of nitrogens with one attached hydrogen (secondary N) is 1. The third kappa shape index (κ3) is 3.03. The van der Waals surface area contributed by atoms with E-state index in [2.05, 4.69) is 123 Å². The fraction of sp³-hybridized carbons (Fsp3) is 0.0556. The Morgan fingerprint density at radius 3 is 2.20 bits per heavy atom. The molecule has 9 rings (SSSR count). The van der Waals surface area contributed by atoms with Crippen molar-refractivity contribution in [3.05, 3.63) is 108 Å². The van der Waals surface area contributed by atoms with Gasteiger partial charge < -0.3 is 4.98 Å². The van der Waals surface area contributed by atoms with E-state index < -0.39 is 0 Å². The largest absolute Gasteiger partial charge is 0.346 e. The molecular weight excluding hydrogens is 521 g/mol. The van der Waals surface area contributed by atoms with Gasteiger partial charge in [-0.15, -0.1) is 22.7 Å². The summed E-state index contributed by atoms with van der Waals surface area (Å²) in [7, 11) is 2.43. The van der Waals surface area contributed by atoms with Gasteiger partial charge in [-0.05, 0) is 53.8 Å². The lowest BCUT2D eigenvalue weighted by Gasteiger charge is -2.22. The number of rotatable bonds is 1. The number of aromatic amines is 1. The number of H-pyrrole nitrogens is 1. The van der Waals surface area contributed by atoms with Crippen LogP contribution >= 0.6 is 22.7 Å².